The summed E-state index contributed by atoms with van der Waals surface area (Å²) in [5.74, 6) is 0. The van der Waals surface area contributed by atoms with Gasteiger partial charge in [-0.25, -0.2) is 9.59 Å². The molecule has 0 aliphatic heterocycles. The Morgan fingerprint density at radius 3 is 2.26 bits per heavy atom. The first-order valence-corrected chi connectivity index (χ1v) is 7.41. The molecule has 0 radical (unpaired) electrons. The fourth-order valence-electron chi connectivity index (χ4n) is 1.98. The maximum Gasteiger partial charge on any atom is 0.323 e. The van der Waals surface area contributed by atoms with E-state index in [1.165, 1.54) is 0 Å². The van der Waals surface area contributed by atoms with Gasteiger partial charge in [0.2, 0.25) is 0 Å². The van der Waals surface area contributed by atoms with E-state index in [0.717, 1.165) is 11.3 Å². The summed E-state index contributed by atoms with van der Waals surface area (Å²) in [6, 6.07) is 16.0. The molecular formula is C17H20N4O2. The van der Waals surface area contributed by atoms with Crippen molar-refractivity contribution in [3.63, 3.8) is 0 Å². The minimum Gasteiger partial charge on any atom is -0.338 e. The minimum absolute atomic E-state index is 0.215. The highest BCUT2D eigenvalue weighted by Gasteiger charge is 2.04. The number of benzene rings is 2. The first-order chi connectivity index (χ1) is 11.2. The summed E-state index contributed by atoms with van der Waals surface area (Å²) in [7, 11) is 0. The molecule has 2 aromatic rings. The van der Waals surface area contributed by atoms with Gasteiger partial charge in [0.15, 0.2) is 0 Å². The number of carbonyl (C=O) groups is 2. The number of hydrogen-bond acceptors (Lipinski definition) is 2. The van der Waals surface area contributed by atoms with Crippen molar-refractivity contribution in [3.05, 3.63) is 60.2 Å². The van der Waals surface area contributed by atoms with E-state index in [9.17, 15) is 9.59 Å². The van der Waals surface area contributed by atoms with Gasteiger partial charge in [0.25, 0.3) is 0 Å². The van der Waals surface area contributed by atoms with Crippen molar-refractivity contribution in [1.29, 1.82) is 0 Å². The Morgan fingerprint density at radius 2 is 1.52 bits per heavy atom. The number of carbonyl (C=O) groups excluding carboxylic acids is 2. The van der Waals surface area contributed by atoms with Gasteiger partial charge in [-0.15, -0.1) is 0 Å². The number of urea groups is 2. The van der Waals surface area contributed by atoms with Crippen LogP contribution in [0.15, 0.2) is 54.6 Å². The van der Waals surface area contributed by atoms with Gasteiger partial charge in [-0.2, -0.15) is 0 Å². The van der Waals surface area contributed by atoms with Crippen LogP contribution in [0.4, 0.5) is 21.0 Å². The van der Waals surface area contributed by atoms with Crippen molar-refractivity contribution in [2.75, 3.05) is 17.2 Å². The summed E-state index contributed by atoms with van der Waals surface area (Å²) in [6.07, 6.45) is 0. The molecule has 4 N–H and O–H groups in total. The molecule has 0 spiro atoms. The number of para-hydroxylation sites is 1. The second-order valence-corrected chi connectivity index (χ2v) is 4.86. The number of rotatable bonds is 5. The van der Waals surface area contributed by atoms with Crippen molar-refractivity contribution in [3.8, 4) is 0 Å². The third-order valence-electron chi connectivity index (χ3n) is 3.01. The van der Waals surface area contributed by atoms with E-state index in [0.29, 0.717) is 18.8 Å². The highest BCUT2D eigenvalue weighted by Crippen LogP contribution is 2.12. The molecule has 0 saturated carbocycles. The van der Waals surface area contributed by atoms with Crippen molar-refractivity contribution in [2.45, 2.75) is 13.5 Å². The van der Waals surface area contributed by atoms with Gasteiger partial charge in [0.1, 0.15) is 0 Å². The van der Waals surface area contributed by atoms with Crippen LogP contribution in [0.2, 0.25) is 0 Å². The molecule has 0 fully saturated rings. The predicted octanol–water partition coefficient (Wildman–Crippen LogP) is 3.15. The number of hydrogen-bond donors (Lipinski definition) is 4. The SMILES string of the molecule is CCNC(=O)NCc1cccc(NC(=O)Nc2ccccc2)c1. The first kappa shape index (κ1) is 16.4. The standard InChI is InChI=1S/C17H20N4O2/c1-2-18-16(22)19-12-13-7-6-10-15(11-13)21-17(23)20-14-8-4-3-5-9-14/h3-11H,2,12H2,1H3,(H2,18,19,22)(H2,20,21,23). The van der Waals surface area contributed by atoms with E-state index < -0.39 is 0 Å². The number of nitrogens with one attached hydrogen (secondary N) is 4. The van der Waals surface area contributed by atoms with E-state index >= 15 is 0 Å². The number of amides is 4. The topological polar surface area (TPSA) is 82.3 Å². The molecule has 0 aliphatic carbocycles. The maximum atomic E-state index is 11.9. The second kappa shape index (κ2) is 8.43. The molecule has 23 heavy (non-hydrogen) atoms. The van der Waals surface area contributed by atoms with Crippen molar-refractivity contribution in [2.24, 2.45) is 0 Å². The minimum atomic E-state index is -0.315. The molecule has 6 heteroatoms. The van der Waals surface area contributed by atoms with E-state index in [2.05, 4.69) is 21.3 Å². The smallest absolute Gasteiger partial charge is 0.323 e. The second-order valence-electron chi connectivity index (χ2n) is 4.86. The molecule has 6 nitrogen and oxygen atoms in total. The summed E-state index contributed by atoms with van der Waals surface area (Å²) in [5, 5.41) is 10.9. The maximum absolute atomic E-state index is 11.9. The lowest BCUT2D eigenvalue weighted by Crippen LogP contribution is -2.34. The lowest BCUT2D eigenvalue weighted by Gasteiger charge is -2.10. The monoisotopic (exact) mass is 312 g/mol. The zero-order valence-electron chi connectivity index (χ0n) is 12.9. The average molecular weight is 312 g/mol. The molecule has 0 aromatic heterocycles. The lowest BCUT2D eigenvalue weighted by atomic mass is 10.2. The summed E-state index contributed by atoms with van der Waals surface area (Å²) >= 11 is 0. The Labute approximate surface area is 135 Å². The van der Waals surface area contributed by atoms with Crippen molar-refractivity contribution < 1.29 is 9.59 Å². The fourth-order valence-corrected chi connectivity index (χ4v) is 1.98. The molecule has 0 saturated heterocycles. The zero-order valence-corrected chi connectivity index (χ0v) is 12.9. The Hall–Kier alpha value is -3.02. The highest BCUT2D eigenvalue weighted by atomic mass is 16.2. The van der Waals surface area contributed by atoms with Crippen molar-refractivity contribution >= 4 is 23.4 Å². The Balaban J connectivity index is 1.89. The van der Waals surface area contributed by atoms with Gasteiger partial charge in [0, 0.05) is 24.5 Å². The molecule has 0 heterocycles. The Kier molecular flexibility index (Phi) is 5.99. The Bertz CT molecular complexity index is 659. The van der Waals surface area contributed by atoms with Crippen LogP contribution in [0.1, 0.15) is 12.5 Å². The third kappa shape index (κ3) is 5.70. The highest BCUT2D eigenvalue weighted by molar-refractivity contribution is 5.99. The van der Waals surface area contributed by atoms with E-state index in [1.54, 1.807) is 6.07 Å². The molecule has 120 valence electrons. The van der Waals surface area contributed by atoms with Crippen LogP contribution in [-0.4, -0.2) is 18.6 Å². The summed E-state index contributed by atoms with van der Waals surface area (Å²) < 4.78 is 0. The summed E-state index contributed by atoms with van der Waals surface area (Å²) in [4.78, 5) is 23.3. The molecule has 4 amide bonds. The summed E-state index contributed by atoms with van der Waals surface area (Å²) in [5.41, 5.74) is 2.28. The van der Waals surface area contributed by atoms with Gasteiger partial charge in [-0.1, -0.05) is 30.3 Å². The van der Waals surface area contributed by atoms with E-state index in [-0.39, 0.29) is 12.1 Å². The largest absolute Gasteiger partial charge is 0.338 e. The molecular weight excluding hydrogens is 292 g/mol. The fraction of sp³-hybridized carbons (Fsp3) is 0.176. The zero-order chi connectivity index (χ0) is 16.5. The van der Waals surface area contributed by atoms with Gasteiger partial charge >= 0.3 is 12.1 Å². The van der Waals surface area contributed by atoms with Crippen LogP contribution in [-0.2, 0) is 6.54 Å². The van der Waals surface area contributed by atoms with Crippen LogP contribution in [0, 0.1) is 0 Å². The molecule has 0 bridgehead atoms. The number of anilines is 2. The average Bonchev–Trinajstić information content (AvgIpc) is 2.54. The molecule has 2 aromatic carbocycles. The first-order valence-electron chi connectivity index (χ1n) is 7.41. The van der Waals surface area contributed by atoms with Crippen LogP contribution >= 0.6 is 0 Å². The van der Waals surface area contributed by atoms with Gasteiger partial charge in [-0.05, 0) is 36.8 Å². The molecule has 0 unspecified atom stereocenters. The van der Waals surface area contributed by atoms with E-state index in [1.807, 2.05) is 55.5 Å². The van der Waals surface area contributed by atoms with Crippen LogP contribution in [0.3, 0.4) is 0 Å². The summed E-state index contributed by atoms with van der Waals surface area (Å²) in [6.45, 7) is 2.82. The van der Waals surface area contributed by atoms with Crippen molar-refractivity contribution in [1.82, 2.24) is 10.6 Å². The van der Waals surface area contributed by atoms with Crippen LogP contribution in [0.25, 0.3) is 0 Å². The van der Waals surface area contributed by atoms with Crippen LogP contribution < -0.4 is 21.3 Å². The lowest BCUT2D eigenvalue weighted by molar-refractivity contribution is 0.241. The van der Waals surface area contributed by atoms with Gasteiger partial charge in [-0.3, -0.25) is 0 Å². The van der Waals surface area contributed by atoms with E-state index in [4.69, 9.17) is 0 Å². The molecule has 0 aliphatic rings. The molecule has 0 atom stereocenters. The normalized spacial score (nSPS) is 9.78. The molecule has 2 rings (SSSR count). The van der Waals surface area contributed by atoms with Gasteiger partial charge < -0.3 is 21.3 Å². The van der Waals surface area contributed by atoms with Gasteiger partial charge in [0.05, 0.1) is 0 Å². The third-order valence-corrected chi connectivity index (χ3v) is 3.01. The van der Waals surface area contributed by atoms with Crippen LogP contribution in [0.5, 0.6) is 0 Å². The quantitative estimate of drug-likeness (QED) is 0.684. The predicted molar refractivity (Wildman–Crippen MR) is 91.4 cm³/mol. The Morgan fingerprint density at radius 1 is 0.826 bits per heavy atom.